The number of hydrogen-bond acceptors (Lipinski definition) is 4. The molecular weight excluding hydrogens is 320 g/mol. The van der Waals surface area contributed by atoms with Crippen LogP contribution in [0.2, 0.25) is 0 Å². The minimum absolute atomic E-state index is 0.0897. The van der Waals surface area contributed by atoms with E-state index in [9.17, 15) is 4.79 Å². The Morgan fingerprint density at radius 1 is 1.24 bits per heavy atom. The number of hydrogen-bond donors (Lipinski definition) is 2. The van der Waals surface area contributed by atoms with Crippen molar-refractivity contribution in [3.63, 3.8) is 0 Å². The average Bonchev–Trinajstić information content (AvgIpc) is 2.44. The number of guanidine groups is 1. The first kappa shape index (κ1) is 23.5. The molecule has 0 spiro atoms. The molecule has 0 aliphatic carbocycles. The number of aliphatic imine (C=N–C) groups is 1. The summed E-state index contributed by atoms with van der Waals surface area (Å²) in [6, 6.07) is 0.267. The average molecular weight is 359 g/mol. The third-order valence-electron chi connectivity index (χ3n) is 3.22. The fourth-order valence-corrected chi connectivity index (χ4v) is 2.16. The second kappa shape index (κ2) is 12.0. The number of methoxy groups -OCH3 is 1. The molecule has 0 aromatic rings. The summed E-state index contributed by atoms with van der Waals surface area (Å²) in [5.74, 6) is 0.764. The van der Waals surface area contributed by atoms with Gasteiger partial charge in [-0.1, -0.05) is 0 Å². The molecule has 0 aliphatic rings. The van der Waals surface area contributed by atoms with Crippen molar-refractivity contribution < 1.29 is 14.3 Å². The first-order chi connectivity index (χ1) is 11.6. The van der Waals surface area contributed by atoms with Gasteiger partial charge >= 0.3 is 6.09 Å². The lowest BCUT2D eigenvalue weighted by atomic mass is 10.2. The Kier molecular flexibility index (Phi) is 11.2. The zero-order chi connectivity index (χ0) is 19.5. The van der Waals surface area contributed by atoms with E-state index < -0.39 is 5.60 Å². The van der Waals surface area contributed by atoms with Crippen LogP contribution in [0.5, 0.6) is 0 Å². The largest absolute Gasteiger partial charge is 0.444 e. The molecule has 25 heavy (non-hydrogen) atoms. The molecule has 7 nitrogen and oxygen atoms in total. The van der Waals surface area contributed by atoms with Crippen LogP contribution in [0.25, 0.3) is 0 Å². The Bertz CT molecular complexity index is 406. The minimum Gasteiger partial charge on any atom is -0.444 e. The van der Waals surface area contributed by atoms with Crippen LogP contribution >= 0.6 is 0 Å². The normalized spacial score (nSPS) is 13.6. The number of amides is 1. The van der Waals surface area contributed by atoms with E-state index in [1.807, 2.05) is 48.5 Å². The SMILES string of the molecule is CCNC(=NCCCN(C(=O)OC(C)(C)C)C(C)C)NC(C)COC. The number of carbonyl (C=O) groups is 1. The highest BCUT2D eigenvalue weighted by molar-refractivity contribution is 5.80. The van der Waals surface area contributed by atoms with Gasteiger partial charge in [0.05, 0.1) is 6.61 Å². The summed E-state index contributed by atoms with van der Waals surface area (Å²) in [5, 5.41) is 6.51. The molecular formula is C18H38N4O3. The number of rotatable bonds is 9. The van der Waals surface area contributed by atoms with E-state index in [4.69, 9.17) is 9.47 Å². The molecule has 0 saturated heterocycles. The lowest BCUT2D eigenvalue weighted by molar-refractivity contribution is 0.0190. The third-order valence-corrected chi connectivity index (χ3v) is 3.22. The van der Waals surface area contributed by atoms with E-state index in [0.717, 1.165) is 18.9 Å². The van der Waals surface area contributed by atoms with Crippen molar-refractivity contribution in [1.82, 2.24) is 15.5 Å². The maximum absolute atomic E-state index is 12.3. The van der Waals surface area contributed by atoms with Crippen molar-refractivity contribution in [1.29, 1.82) is 0 Å². The van der Waals surface area contributed by atoms with Gasteiger partial charge in [-0.2, -0.15) is 0 Å². The quantitative estimate of drug-likeness (QED) is 0.376. The summed E-state index contributed by atoms with van der Waals surface area (Å²) in [7, 11) is 1.68. The zero-order valence-electron chi connectivity index (χ0n) is 17.3. The molecule has 0 aliphatic heterocycles. The predicted octanol–water partition coefficient (Wildman–Crippen LogP) is 2.61. The number of ether oxygens (including phenoxy) is 2. The summed E-state index contributed by atoms with van der Waals surface area (Å²) >= 11 is 0. The van der Waals surface area contributed by atoms with Gasteiger partial charge < -0.3 is 25.0 Å². The van der Waals surface area contributed by atoms with E-state index in [2.05, 4.69) is 15.6 Å². The van der Waals surface area contributed by atoms with Gasteiger partial charge in [-0.25, -0.2) is 4.79 Å². The lowest BCUT2D eigenvalue weighted by Gasteiger charge is -2.30. The summed E-state index contributed by atoms with van der Waals surface area (Å²) in [4.78, 5) is 18.6. The van der Waals surface area contributed by atoms with Crippen LogP contribution in [0.1, 0.15) is 54.9 Å². The molecule has 148 valence electrons. The van der Waals surface area contributed by atoms with Crippen LogP contribution in [0.15, 0.2) is 4.99 Å². The standard InChI is InChI=1S/C18H38N4O3/c1-9-19-16(21-15(4)13-24-8)20-11-10-12-22(14(2)3)17(23)25-18(5,6)7/h14-15H,9-13H2,1-8H3,(H2,19,20,21). The van der Waals surface area contributed by atoms with Gasteiger partial charge in [-0.3, -0.25) is 4.99 Å². The fraction of sp³-hybridized carbons (Fsp3) is 0.889. The number of nitrogens with one attached hydrogen (secondary N) is 2. The van der Waals surface area contributed by atoms with Gasteiger partial charge in [0.1, 0.15) is 5.60 Å². The fourth-order valence-electron chi connectivity index (χ4n) is 2.16. The predicted molar refractivity (Wildman–Crippen MR) is 103 cm³/mol. The van der Waals surface area contributed by atoms with Gasteiger partial charge in [0.2, 0.25) is 0 Å². The van der Waals surface area contributed by atoms with Gasteiger partial charge in [0, 0.05) is 38.8 Å². The van der Waals surface area contributed by atoms with Crippen LogP contribution in [0.3, 0.4) is 0 Å². The van der Waals surface area contributed by atoms with E-state index in [-0.39, 0.29) is 18.2 Å². The molecule has 1 amide bonds. The Hall–Kier alpha value is -1.50. The summed E-state index contributed by atoms with van der Waals surface area (Å²) in [6.07, 6.45) is 0.498. The number of carbonyl (C=O) groups excluding carboxylic acids is 1. The van der Waals surface area contributed by atoms with Crippen molar-refractivity contribution in [2.24, 2.45) is 4.99 Å². The maximum atomic E-state index is 12.3. The second-order valence-electron chi connectivity index (χ2n) is 7.38. The minimum atomic E-state index is -0.484. The van der Waals surface area contributed by atoms with Gasteiger partial charge in [0.15, 0.2) is 5.96 Å². The molecule has 2 N–H and O–H groups in total. The van der Waals surface area contributed by atoms with Crippen molar-refractivity contribution >= 4 is 12.1 Å². The van der Waals surface area contributed by atoms with Crippen molar-refractivity contribution in [2.45, 2.75) is 72.6 Å². The van der Waals surface area contributed by atoms with Crippen LogP contribution < -0.4 is 10.6 Å². The molecule has 7 heteroatoms. The molecule has 0 heterocycles. The third kappa shape index (κ3) is 11.6. The summed E-state index contributed by atoms with van der Waals surface area (Å²) in [6.45, 7) is 16.3. The Morgan fingerprint density at radius 2 is 1.88 bits per heavy atom. The molecule has 0 aromatic carbocycles. The van der Waals surface area contributed by atoms with Crippen molar-refractivity contribution in [2.75, 3.05) is 33.4 Å². The molecule has 0 fully saturated rings. The Labute approximate surface area is 153 Å². The van der Waals surface area contributed by atoms with E-state index in [1.165, 1.54) is 0 Å². The molecule has 1 atom stereocenters. The van der Waals surface area contributed by atoms with Crippen LogP contribution in [-0.4, -0.2) is 68.0 Å². The molecule has 0 aromatic heterocycles. The monoisotopic (exact) mass is 358 g/mol. The highest BCUT2D eigenvalue weighted by Gasteiger charge is 2.23. The smallest absolute Gasteiger partial charge is 0.410 e. The topological polar surface area (TPSA) is 75.2 Å². The molecule has 0 rings (SSSR count). The lowest BCUT2D eigenvalue weighted by Crippen LogP contribution is -2.44. The van der Waals surface area contributed by atoms with Crippen LogP contribution in [-0.2, 0) is 9.47 Å². The van der Waals surface area contributed by atoms with E-state index in [0.29, 0.717) is 19.7 Å². The zero-order valence-corrected chi connectivity index (χ0v) is 17.3. The van der Waals surface area contributed by atoms with Gasteiger partial charge in [0.25, 0.3) is 0 Å². The highest BCUT2D eigenvalue weighted by Crippen LogP contribution is 2.12. The second-order valence-corrected chi connectivity index (χ2v) is 7.38. The van der Waals surface area contributed by atoms with E-state index in [1.54, 1.807) is 12.0 Å². The Balaban J connectivity index is 4.55. The molecule has 1 unspecified atom stereocenters. The maximum Gasteiger partial charge on any atom is 0.410 e. The first-order valence-electron chi connectivity index (χ1n) is 9.14. The molecule has 0 bridgehead atoms. The first-order valence-corrected chi connectivity index (χ1v) is 9.14. The van der Waals surface area contributed by atoms with Crippen LogP contribution in [0.4, 0.5) is 4.79 Å². The number of nitrogens with zero attached hydrogens (tertiary/aromatic N) is 2. The summed E-state index contributed by atoms with van der Waals surface area (Å²) < 4.78 is 10.6. The summed E-state index contributed by atoms with van der Waals surface area (Å²) in [5.41, 5.74) is -0.484. The van der Waals surface area contributed by atoms with Crippen molar-refractivity contribution in [3.8, 4) is 0 Å². The molecule has 0 saturated carbocycles. The molecule has 0 radical (unpaired) electrons. The Morgan fingerprint density at radius 3 is 2.36 bits per heavy atom. The van der Waals surface area contributed by atoms with Crippen molar-refractivity contribution in [3.05, 3.63) is 0 Å². The van der Waals surface area contributed by atoms with E-state index >= 15 is 0 Å². The van der Waals surface area contributed by atoms with Crippen LogP contribution in [0, 0.1) is 0 Å². The van der Waals surface area contributed by atoms with Gasteiger partial charge in [-0.05, 0) is 54.9 Å². The highest BCUT2D eigenvalue weighted by atomic mass is 16.6. The van der Waals surface area contributed by atoms with Gasteiger partial charge in [-0.15, -0.1) is 0 Å².